The van der Waals surface area contributed by atoms with E-state index >= 15 is 0 Å². The Kier molecular flexibility index (Phi) is 5.69. The number of hydrogen-bond acceptors (Lipinski definition) is 4. The number of methoxy groups -OCH3 is 2. The normalized spacial score (nSPS) is 10.5. The molecule has 0 unspecified atom stereocenters. The second kappa shape index (κ2) is 8.34. The van der Waals surface area contributed by atoms with E-state index in [1.54, 1.807) is 26.4 Å². The van der Waals surface area contributed by atoms with E-state index in [2.05, 4.69) is 17.2 Å². The molecule has 0 saturated heterocycles. The molecule has 5 nitrogen and oxygen atoms in total. The lowest BCUT2D eigenvalue weighted by atomic mass is 10.1. The minimum Gasteiger partial charge on any atom is -0.493 e. The topological polar surface area (TPSA) is 53.4 Å². The highest BCUT2D eigenvalue weighted by Crippen LogP contribution is 2.31. The average molecular weight is 350 g/mol. The first kappa shape index (κ1) is 17.7. The summed E-state index contributed by atoms with van der Waals surface area (Å²) in [5, 5.41) is 4.51. The van der Waals surface area contributed by atoms with Gasteiger partial charge in [-0.2, -0.15) is 5.10 Å². The molecule has 3 aromatic rings. The molecule has 0 radical (unpaired) electrons. The molecule has 2 aromatic carbocycles. The lowest BCUT2D eigenvalue weighted by Gasteiger charge is -2.11. The highest BCUT2D eigenvalue weighted by molar-refractivity contribution is 5.63. The van der Waals surface area contributed by atoms with Crippen LogP contribution >= 0.6 is 0 Å². The lowest BCUT2D eigenvalue weighted by molar-refractivity contribution is 0.355. The third-order valence-electron chi connectivity index (χ3n) is 4.22. The highest BCUT2D eigenvalue weighted by Gasteiger charge is 2.09. The van der Waals surface area contributed by atoms with Crippen LogP contribution in [0.25, 0.3) is 11.3 Å². The van der Waals surface area contributed by atoms with Gasteiger partial charge in [0.2, 0.25) is 0 Å². The van der Waals surface area contributed by atoms with E-state index in [1.807, 2.05) is 36.4 Å². The van der Waals surface area contributed by atoms with E-state index in [0.29, 0.717) is 18.0 Å². The first-order valence-corrected chi connectivity index (χ1v) is 8.56. The summed E-state index contributed by atoms with van der Waals surface area (Å²) >= 11 is 0. The van der Waals surface area contributed by atoms with Crippen molar-refractivity contribution in [2.24, 2.45) is 0 Å². The molecule has 1 heterocycles. The van der Waals surface area contributed by atoms with Gasteiger partial charge in [0, 0.05) is 18.2 Å². The molecule has 0 fully saturated rings. The maximum absolute atomic E-state index is 12.1. The molecule has 0 aliphatic heterocycles. The molecule has 134 valence electrons. The van der Waals surface area contributed by atoms with Gasteiger partial charge in [-0.05, 0) is 42.7 Å². The maximum atomic E-state index is 12.1. The van der Waals surface area contributed by atoms with Crippen molar-refractivity contribution >= 4 is 0 Å². The molecule has 5 heteroatoms. The van der Waals surface area contributed by atoms with Crippen LogP contribution in [-0.4, -0.2) is 24.0 Å². The summed E-state index contributed by atoms with van der Waals surface area (Å²) in [6.07, 6.45) is 1.77. The van der Waals surface area contributed by atoms with Gasteiger partial charge in [0.1, 0.15) is 0 Å². The van der Waals surface area contributed by atoms with E-state index in [9.17, 15) is 4.79 Å². The molecule has 0 aliphatic carbocycles. The van der Waals surface area contributed by atoms with Crippen LogP contribution in [0.1, 0.15) is 12.0 Å². The number of hydrogen-bond donors (Lipinski definition) is 0. The zero-order chi connectivity index (χ0) is 18.4. The van der Waals surface area contributed by atoms with Crippen LogP contribution in [-0.2, 0) is 13.0 Å². The van der Waals surface area contributed by atoms with E-state index < -0.39 is 0 Å². The Morgan fingerprint density at radius 3 is 2.42 bits per heavy atom. The molecule has 0 spiro atoms. The number of benzene rings is 2. The number of nitrogens with zero attached hydrogens (tertiary/aromatic N) is 2. The second-order valence-electron chi connectivity index (χ2n) is 5.94. The van der Waals surface area contributed by atoms with Crippen molar-refractivity contribution in [2.75, 3.05) is 14.2 Å². The predicted octanol–water partition coefficient (Wildman–Crippen LogP) is 3.56. The Balaban J connectivity index is 1.78. The number of ether oxygens (including phenoxy) is 2. The Morgan fingerprint density at radius 2 is 1.69 bits per heavy atom. The molecular weight excluding hydrogens is 328 g/mol. The van der Waals surface area contributed by atoms with Gasteiger partial charge < -0.3 is 9.47 Å². The smallest absolute Gasteiger partial charge is 0.266 e. The Bertz CT molecular complexity index is 920. The Labute approximate surface area is 152 Å². The summed E-state index contributed by atoms with van der Waals surface area (Å²) in [5.41, 5.74) is 2.77. The summed E-state index contributed by atoms with van der Waals surface area (Å²) < 4.78 is 12.1. The summed E-state index contributed by atoms with van der Waals surface area (Å²) in [4.78, 5) is 12.1. The molecule has 0 atom stereocenters. The van der Waals surface area contributed by atoms with Crippen LogP contribution in [0.2, 0.25) is 0 Å². The van der Waals surface area contributed by atoms with Crippen LogP contribution in [0.4, 0.5) is 0 Å². The third kappa shape index (κ3) is 4.11. The molecule has 0 aliphatic rings. The van der Waals surface area contributed by atoms with Crippen molar-refractivity contribution in [3.63, 3.8) is 0 Å². The summed E-state index contributed by atoms with van der Waals surface area (Å²) in [7, 11) is 3.20. The fourth-order valence-electron chi connectivity index (χ4n) is 2.84. The summed E-state index contributed by atoms with van der Waals surface area (Å²) in [6, 6.07) is 19.1. The lowest BCUT2D eigenvalue weighted by Crippen LogP contribution is -2.22. The number of rotatable bonds is 7. The van der Waals surface area contributed by atoms with Crippen LogP contribution in [0.15, 0.2) is 65.5 Å². The highest BCUT2D eigenvalue weighted by atomic mass is 16.5. The Morgan fingerprint density at radius 1 is 0.923 bits per heavy atom. The zero-order valence-electron chi connectivity index (χ0n) is 15.0. The van der Waals surface area contributed by atoms with Crippen LogP contribution in [0, 0.1) is 0 Å². The zero-order valence-corrected chi connectivity index (χ0v) is 15.0. The first-order valence-electron chi connectivity index (χ1n) is 8.56. The third-order valence-corrected chi connectivity index (χ3v) is 4.22. The van der Waals surface area contributed by atoms with Crippen molar-refractivity contribution in [3.8, 4) is 22.8 Å². The molecular formula is C21H22N2O3. The van der Waals surface area contributed by atoms with Gasteiger partial charge in [-0.15, -0.1) is 0 Å². The molecule has 0 bridgehead atoms. The fourth-order valence-corrected chi connectivity index (χ4v) is 2.84. The Hall–Kier alpha value is -3.08. The van der Waals surface area contributed by atoms with E-state index in [0.717, 1.165) is 24.1 Å². The van der Waals surface area contributed by atoms with Crippen molar-refractivity contribution < 1.29 is 9.47 Å². The van der Waals surface area contributed by atoms with Gasteiger partial charge in [0.25, 0.3) is 5.56 Å². The molecule has 26 heavy (non-hydrogen) atoms. The van der Waals surface area contributed by atoms with Crippen LogP contribution in [0.3, 0.4) is 0 Å². The monoisotopic (exact) mass is 350 g/mol. The van der Waals surface area contributed by atoms with E-state index in [1.165, 1.54) is 10.2 Å². The van der Waals surface area contributed by atoms with Gasteiger partial charge >= 0.3 is 0 Å². The minimum absolute atomic E-state index is 0.0951. The summed E-state index contributed by atoms with van der Waals surface area (Å²) in [5.74, 6) is 1.29. The van der Waals surface area contributed by atoms with E-state index in [4.69, 9.17) is 9.47 Å². The van der Waals surface area contributed by atoms with Gasteiger partial charge in [-0.1, -0.05) is 30.3 Å². The molecule has 0 amide bonds. The van der Waals surface area contributed by atoms with Crippen LogP contribution < -0.4 is 15.0 Å². The van der Waals surface area contributed by atoms with Gasteiger partial charge in [-0.25, -0.2) is 4.68 Å². The fraction of sp³-hybridized carbons (Fsp3) is 0.238. The second-order valence-corrected chi connectivity index (χ2v) is 5.94. The standard InChI is InChI=1S/C21H22N2O3/c1-25-19-12-10-17(15-20(19)26-2)18-11-13-21(24)23(22-18)14-6-9-16-7-4-3-5-8-16/h3-5,7-8,10-13,15H,6,9,14H2,1-2H3. The van der Waals surface area contributed by atoms with Crippen LogP contribution in [0.5, 0.6) is 11.5 Å². The van der Waals surface area contributed by atoms with Gasteiger partial charge in [-0.3, -0.25) is 4.79 Å². The maximum Gasteiger partial charge on any atom is 0.266 e. The summed E-state index contributed by atoms with van der Waals surface area (Å²) in [6.45, 7) is 0.578. The van der Waals surface area contributed by atoms with Gasteiger partial charge in [0.05, 0.1) is 19.9 Å². The van der Waals surface area contributed by atoms with Gasteiger partial charge in [0.15, 0.2) is 11.5 Å². The number of aryl methyl sites for hydroxylation is 2. The van der Waals surface area contributed by atoms with Crippen molar-refractivity contribution in [2.45, 2.75) is 19.4 Å². The molecule has 1 aromatic heterocycles. The average Bonchev–Trinajstić information content (AvgIpc) is 2.69. The quantitative estimate of drug-likeness (QED) is 0.654. The molecule has 0 N–H and O–H groups in total. The largest absolute Gasteiger partial charge is 0.493 e. The molecule has 3 rings (SSSR count). The minimum atomic E-state index is -0.0951. The molecule has 0 saturated carbocycles. The number of aromatic nitrogens is 2. The van der Waals surface area contributed by atoms with Crippen molar-refractivity contribution in [3.05, 3.63) is 76.6 Å². The van der Waals surface area contributed by atoms with Crippen molar-refractivity contribution in [1.29, 1.82) is 0 Å². The first-order chi connectivity index (χ1) is 12.7. The van der Waals surface area contributed by atoms with E-state index in [-0.39, 0.29) is 5.56 Å². The van der Waals surface area contributed by atoms with Crippen molar-refractivity contribution in [1.82, 2.24) is 9.78 Å². The SMILES string of the molecule is COc1ccc(-c2ccc(=O)n(CCCc3ccccc3)n2)cc1OC. The predicted molar refractivity (Wildman–Crippen MR) is 102 cm³/mol.